The third-order valence-electron chi connectivity index (χ3n) is 6.86. The van der Waals surface area contributed by atoms with Crippen LogP contribution in [0.3, 0.4) is 0 Å². The molecule has 32 heavy (non-hydrogen) atoms. The summed E-state index contributed by atoms with van der Waals surface area (Å²) in [4.78, 5) is 16.5. The van der Waals surface area contributed by atoms with Crippen LogP contribution < -0.4 is 14.8 Å². The van der Waals surface area contributed by atoms with Crippen molar-refractivity contribution in [2.75, 3.05) is 39.2 Å². The molecule has 6 nitrogen and oxygen atoms in total. The van der Waals surface area contributed by atoms with Crippen LogP contribution in [0.4, 0.5) is 5.69 Å². The lowest BCUT2D eigenvalue weighted by Gasteiger charge is -2.45. The van der Waals surface area contributed by atoms with E-state index in [1.807, 2.05) is 12.1 Å². The normalized spacial score (nSPS) is 21.6. The quantitative estimate of drug-likeness (QED) is 0.732. The number of hydrogen-bond acceptors (Lipinski definition) is 5. The second kappa shape index (κ2) is 9.92. The highest BCUT2D eigenvalue weighted by Gasteiger charge is 2.33. The number of nitrogens with one attached hydrogen (secondary N) is 1. The molecule has 172 valence electrons. The SMILES string of the molecule is COc1cc2c(cc1OC)C(C)N(C1CCCN(Cc3ccc(NC(C)=O)cc3)C1)CC2. The zero-order valence-corrected chi connectivity index (χ0v) is 19.7. The van der Waals surface area contributed by atoms with Gasteiger partial charge in [0.15, 0.2) is 11.5 Å². The number of piperidine rings is 1. The van der Waals surface area contributed by atoms with Crippen LogP contribution in [0.2, 0.25) is 0 Å². The van der Waals surface area contributed by atoms with Crippen molar-refractivity contribution in [3.05, 3.63) is 53.1 Å². The van der Waals surface area contributed by atoms with Crippen LogP contribution >= 0.6 is 0 Å². The van der Waals surface area contributed by atoms with Gasteiger partial charge in [-0.15, -0.1) is 0 Å². The van der Waals surface area contributed by atoms with E-state index in [1.54, 1.807) is 14.2 Å². The zero-order valence-electron chi connectivity index (χ0n) is 19.7. The standard InChI is InChI=1S/C26H35N3O3/c1-18-24-15-26(32-4)25(31-3)14-21(24)11-13-29(18)23-6-5-12-28(17-23)16-20-7-9-22(10-8-20)27-19(2)30/h7-10,14-15,18,23H,5-6,11-13,16-17H2,1-4H3,(H,27,30). The van der Waals surface area contributed by atoms with E-state index in [1.165, 1.54) is 36.5 Å². The summed E-state index contributed by atoms with van der Waals surface area (Å²) >= 11 is 0. The van der Waals surface area contributed by atoms with E-state index in [-0.39, 0.29) is 5.91 Å². The summed E-state index contributed by atoms with van der Waals surface area (Å²) in [6.07, 6.45) is 3.50. The Kier molecular flexibility index (Phi) is 7.01. The number of anilines is 1. The van der Waals surface area contributed by atoms with Crippen molar-refractivity contribution in [3.8, 4) is 11.5 Å². The number of methoxy groups -OCH3 is 2. The molecule has 0 spiro atoms. The molecule has 2 aromatic carbocycles. The maximum Gasteiger partial charge on any atom is 0.221 e. The van der Waals surface area contributed by atoms with E-state index in [2.05, 4.69) is 46.3 Å². The third-order valence-corrected chi connectivity index (χ3v) is 6.86. The Hall–Kier alpha value is -2.57. The van der Waals surface area contributed by atoms with Crippen LogP contribution in [0.25, 0.3) is 0 Å². The van der Waals surface area contributed by atoms with Crippen molar-refractivity contribution >= 4 is 11.6 Å². The molecule has 1 saturated heterocycles. The fourth-order valence-corrected chi connectivity index (χ4v) is 5.26. The van der Waals surface area contributed by atoms with Crippen molar-refractivity contribution in [1.82, 2.24) is 9.80 Å². The molecule has 1 amide bonds. The molecule has 2 atom stereocenters. The summed E-state index contributed by atoms with van der Waals surface area (Å²) in [6.45, 7) is 8.10. The number of rotatable bonds is 6. The summed E-state index contributed by atoms with van der Waals surface area (Å²) in [5.74, 6) is 1.60. The Labute approximate surface area is 191 Å². The van der Waals surface area contributed by atoms with Gasteiger partial charge in [-0.2, -0.15) is 0 Å². The molecule has 2 aliphatic heterocycles. The van der Waals surface area contributed by atoms with Crippen molar-refractivity contribution in [2.24, 2.45) is 0 Å². The van der Waals surface area contributed by atoms with E-state index in [4.69, 9.17) is 9.47 Å². The molecule has 0 saturated carbocycles. The van der Waals surface area contributed by atoms with Crippen molar-refractivity contribution in [1.29, 1.82) is 0 Å². The summed E-state index contributed by atoms with van der Waals surface area (Å²) in [5, 5.41) is 2.84. The maximum absolute atomic E-state index is 11.2. The lowest BCUT2D eigenvalue weighted by Crippen LogP contribution is -2.50. The minimum Gasteiger partial charge on any atom is -0.493 e. The highest BCUT2D eigenvalue weighted by molar-refractivity contribution is 5.88. The lowest BCUT2D eigenvalue weighted by molar-refractivity contribution is -0.114. The molecular weight excluding hydrogens is 402 g/mol. The Morgan fingerprint density at radius 1 is 1.09 bits per heavy atom. The molecule has 0 radical (unpaired) electrons. The zero-order chi connectivity index (χ0) is 22.7. The first-order chi connectivity index (χ1) is 15.5. The molecule has 2 aliphatic rings. The molecule has 0 aromatic heterocycles. The van der Waals surface area contributed by atoms with Gasteiger partial charge in [-0.25, -0.2) is 0 Å². The average Bonchev–Trinajstić information content (AvgIpc) is 2.79. The molecule has 4 rings (SSSR count). The van der Waals surface area contributed by atoms with Crippen LogP contribution in [0.1, 0.15) is 49.4 Å². The predicted molar refractivity (Wildman–Crippen MR) is 127 cm³/mol. The second-order valence-corrected chi connectivity index (χ2v) is 8.98. The van der Waals surface area contributed by atoms with E-state index in [0.29, 0.717) is 12.1 Å². The highest BCUT2D eigenvalue weighted by Crippen LogP contribution is 2.39. The van der Waals surface area contributed by atoms with Gasteiger partial charge in [-0.3, -0.25) is 14.6 Å². The Bertz CT molecular complexity index is 944. The van der Waals surface area contributed by atoms with E-state index in [9.17, 15) is 4.79 Å². The van der Waals surface area contributed by atoms with Crippen molar-refractivity contribution in [2.45, 2.75) is 51.7 Å². The van der Waals surface area contributed by atoms with Gasteiger partial charge in [0.2, 0.25) is 5.91 Å². The van der Waals surface area contributed by atoms with Crippen molar-refractivity contribution in [3.63, 3.8) is 0 Å². The first-order valence-electron chi connectivity index (χ1n) is 11.6. The number of fused-ring (bicyclic) bond motifs is 1. The number of likely N-dealkylation sites (tertiary alicyclic amines) is 1. The number of hydrogen-bond donors (Lipinski definition) is 1. The second-order valence-electron chi connectivity index (χ2n) is 8.98. The van der Waals surface area contributed by atoms with Gasteiger partial charge in [0, 0.05) is 44.3 Å². The van der Waals surface area contributed by atoms with E-state index in [0.717, 1.165) is 49.8 Å². The summed E-state index contributed by atoms with van der Waals surface area (Å²) in [7, 11) is 3.41. The van der Waals surface area contributed by atoms with E-state index < -0.39 is 0 Å². The summed E-state index contributed by atoms with van der Waals surface area (Å²) < 4.78 is 11.1. The number of ether oxygens (including phenoxy) is 2. The van der Waals surface area contributed by atoms with E-state index >= 15 is 0 Å². The molecule has 1 fully saturated rings. The van der Waals surface area contributed by atoms with Gasteiger partial charge in [0.25, 0.3) is 0 Å². The molecule has 2 heterocycles. The molecular formula is C26H35N3O3. The smallest absolute Gasteiger partial charge is 0.221 e. The monoisotopic (exact) mass is 437 g/mol. The third kappa shape index (κ3) is 4.92. The van der Waals surface area contributed by atoms with Crippen LogP contribution in [0.5, 0.6) is 11.5 Å². The number of carbonyl (C=O) groups excluding carboxylic acids is 1. The minimum absolute atomic E-state index is 0.0371. The van der Waals surface area contributed by atoms with Crippen LogP contribution in [-0.4, -0.2) is 55.6 Å². The topological polar surface area (TPSA) is 54.0 Å². The molecule has 2 unspecified atom stereocenters. The van der Waals surface area contributed by atoms with Crippen LogP contribution in [0, 0.1) is 0 Å². The van der Waals surface area contributed by atoms with Gasteiger partial charge in [-0.1, -0.05) is 12.1 Å². The molecule has 1 N–H and O–H groups in total. The number of benzene rings is 2. The van der Waals surface area contributed by atoms with Crippen molar-refractivity contribution < 1.29 is 14.3 Å². The molecule has 0 bridgehead atoms. The fourth-order valence-electron chi connectivity index (χ4n) is 5.26. The molecule has 0 aliphatic carbocycles. The van der Waals surface area contributed by atoms with Crippen LogP contribution in [-0.2, 0) is 17.8 Å². The molecule has 2 aromatic rings. The Morgan fingerprint density at radius 2 is 1.81 bits per heavy atom. The summed E-state index contributed by atoms with van der Waals surface area (Å²) in [5.41, 5.74) is 4.87. The van der Waals surface area contributed by atoms with Gasteiger partial charge in [0.1, 0.15) is 0 Å². The van der Waals surface area contributed by atoms with Gasteiger partial charge in [0.05, 0.1) is 14.2 Å². The largest absolute Gasteiger partial charge is 0.493 e. The lowest BCUT2D eigenvalue weighted by atomic mass is 9.90. The van der Waals surface area contributed by atoms with Gasteiger partial charge in [-0.05, 0) is 73.7 Å². The first kappa shape index (κ1) is 22.6. The minimum atomic E-state index is -0.0371. The predicted octanol–water partition coefficient (Wildman–Crippen LogP) is 4.25. The maximum atomic E-state index is 11.2. The first-order valence-corrected chi connectivity index (χ1v) is 11.6. The number of amides is 1. The Balaban J connectivity index is 1.43. The van der Waals surface area contributed by atoms with Gasteiger partial charge >= 0.3 is 0 Å². The highest BCUT2D eigenvalue weighted by atomic mass is 16.5. The van der Waals surface area contributed by atoms with Gasteiger partial charge < -0.3 is 14.8 Å². The fraction of sp³-hybridized carbons (Fsp3) is 0.500. The molecule has 6 heteroatoms. The average molecular weight is 438 g/mol. The number of carbonyl (C=O) groups is 1. The summed E-state index contributed by atoms with van der Waals surface area (Å²) in [6, 6.07) is 13.5. The van der Waals surface area contributed by atoms with Crippen LogP contribution in [0.15, 0.2) is 36.4 Å². The Morgan fingerprint density at radius 3 is 2.50 bits per heavy atom. The number of nitrogens with zero attached hydrogens (tertiary/aromatic N) is 2.